The first-order chi connectivity index (χ1) is 18.2. The molecule has 0 saturated heterocycles. The maximum absolute atomic E-state index is 13.8. The molecule has 0 amide bonds. The summed E-state index contributed by atoms with van der Waals surface area (Å²) in [6.45, 7) is 8.96. The molecule has 1 unspecified atom stereocenters. The Morgan fingerprint density at radius 2 is 1.55 bits per heavy atom. The lowest BCUT2D eigenvalue weighted by atomic mass is 10.2. The average Bonchev–Trinajstić information content (AvgIpc) is 2.88. The van der Waals surface area contributed by atoms with Gasteiger partial charge in [0.2, 0.25) is 0 Å². The summed E-state index contributed by atoms with van der Waals surface area (Å²) in [7, 11) is -3.93. The lowest BCUT2D eigenvalue weighted by Gasteiger charge is -2.31. The molecule has 0 N–H and O–H groups in total. The van der Waals surface area contributed by atoms with E-state index in [1.54, 1.807) is 58.7 Å². The van der Waals surface area contributed by atoms with Gasteiger partial charge in [-0.1, -0.05) is 0 Å². The number of benzene rings is 1. The van der Waals surface area contributed by atoms with Crippen LogP contribution in [0.4, 0.5) is 10.1 Å². The predicted molar refractivity (Wildman–Crippen MR) is 144 cm³/mol. The lowest BCUT2D eigenvalue weighted by Crippen LogP contribution is -2.22. The highest BCUT2D eigenvalue weighted by atomic mass is 31.2. The van der Waals surface area contributed by atoms with E-state index in [-0.39, 0.29) is 56.8 Å². The number of nitrogens with zero attached hydrogens (tertiary/aromatic N) is 1. The molecular weight excluding hydrogens is 539 g/mol. The van der Waals surface area contributed by atoms with Crippen molar-refractivity contribution in [1.29, 1.82) is 0 Å². The fourth-order valence-corrected chi connectivity index (χ4v) is 7.28. The van der Waals surface area contributed by atoms with Gasteiger partial charge >= 0.3 is 13.6 Å². The maximum Gasteiger partial charge on any atom is 0.346 e. The van der Waals surface area contributed by atoms with Crippen molar-refractivity contribution < 1.29 is 46.1 Å². The van der Waals surface area contributed by atoms with Gasteiger partial charge in [0.1, 0.15) is 23.8 Å². The topological polar surface area (TPSA) is 110 Å². The zero-order chi connectivity index (χ0) is 28.6. The number of carbonyl (C=O) groups is 2. The van der Waals surface area contributed by atoms with E-state index in [2.05, 4.69) is 0 Å². The largest absolute Gasteiger partial charge is 0.491 e. The molecule has 0 fully saturated rings. The highest BCUT2D eigenvalue weighted by molar-refractivity contribution is 7.69. The molecule has 1 atom stereocenters. The van der Waals surface area contributed by atoms with Crippen LogP contribution in [0.3, 0.4) is 0 Å². The SMILES string of the molecule is CCOC(=O)/C(C=O)=C(/C=C\N(C)c1ccc(F)cc1)OCC(P(OCC)OCC)P(=O)(OCC)OCC. The number of hydrogen-bond donors (Lipinski definition) is 0. The molecule has 1 aromatic carbocycles. The Morgan fingerprint density at radius 3 is 2.03 bits per heavy atom. The Bertz CT molecular complexity index is 956. The Morgan fingerprint density at radius 1 is 0.974 bits per heavy atom. The fourth-order valence-electron chi connectivity index (χ4n) is 3.04. The number of hydrogen-bond acceptors (Lipinski definition) is 10. The molecule has 0 radical (unpaired) electrons. The normalized spacial score (nSPS) is 13.4. The van der Waals surface area contributed by atoms with Crippen LogP contribution in [0.5, 0.6) is 0 Å². The summed E-state index contributed by atoms with van der Waals surface area (Å²) in [4.78, 5) is 26.1. The number of aldehydes is 1. The van der Waals surface area contributed by atoms with E-state index in [0.29, 0.717) is 12.0 Å². The van der Waals surface area contributed by atoms with Crippen LogP contribution in [0.1, 0.15) is 34.6 Å². The van der Waals surface area contributed by atoms with Gasteiger partial charge in [-0.05, 0) is 65.0 Å². The molecule has 10 nitrogen and oxygen atoms in total. The van der Waals surface area contributed by atoms with Crippen LogP contribution in [0, 0.1) is 5.82 Å². The van der Waals surface area contributed by atoms with E-state index in [1.165, 1.54) is 24.4 Å². The van der Waals surface area contributed by atoms with Gasteiger partial charge in [0.05, 0.1) is 33.0 Å². The van der Waals surface area contributed by atoms with E-state index in [4.69, 9.17) is 27.6 Å². The van der Waals surface area contributed by atoms with E-state index < -0.39 is 27.3 Å². The third-order valence-corrected chi connectivity index (χ3v) is 9.88. The number of ether oxygens (including phenoxy) is 2. The van der Waals surface area contributed by atoms with E-state index >= 15 is 0 Å². The smallest absolute Gasteiger partial charge is 0.346 e. The minimum absolute atomic E-state index is 0.0368. The summed E-state index contributed by atoms with van der Waals surface area (Å²) >= 11 is 0. The highest BCUT2D eigenvalue weighted by Crippen LogP contribution is 2.66. The van der Waals surface area contributed by atoms with Crippen molar-refractivity contribution in [2.45, 2.75) is 40.0 Å². The summed E-state index contributed by atoms with van der Waals surface area (Å²) < 4.78 is 60.6. The second kappa shape index (κ2) is 18.2. The van der Waals surface area contributed by atoms with Crippen molar-refractivity contribution in [2.75, 3.05) is 51.6 Å². The molecule has 1 rings (SSSR count). The summed E-state index contributed by atoms with van der Waals surface area (Å²) in [5, 5.41) is -0.995. The van der Waals surface area contributed by atoms with Gasteiger partial charge in [0.15, 0.2) is 20.1 Å². The standard InChI is InChI=1S/C25H38FNO9P2/c1-7-31-25(29)22(18-28)23(16-17-27(6)21-14-12-20(26)13-15-21)32-19-24(37(33-8-2)34-9-3)38(30,35-10-4)36-11-5/h12-18,24H,7-11,19H2,1-6H3/b17-16-,23-22-. The lowest BCUT2D eigenvalue weighted by molar-refractivity contribution is -0.139. The number of anilines is 1. The summed E-state index contributed by atoms with van der Waals surface area (Å²) in [5.41, 5.74) is 0.256. The Labute approximate surface area is 225 Å². The third-order valence-electron chi connectivity index (χ3n) is 4.69. The molecule has 1 aromatic rings. The number of carbonyl (C=O) groups excluding carboxylic acids is 2. The molecule has 0 aliphatic carbocycles. The molecule has 0 aromatic heterocycles. The zero-order valence-corrected chi connectivity index (χ0v) is 24.5. The van der Waals surface area contributed by atoms with Crippen LogP contribution in [-0.4, -0.2) is 64.3 Å². The molecule has 0 aliphatic rings. The fraction of sp³-hybridized carbons (Fsp3) is 0.520. The Hall–Kier alpha value is -2.13. The van der Waals surface area contributed by atoms with Crippen molar-refractivity contribution in [3.63, 3.8) is 0 Å². The van der Waals surface area contributed by atoms with Crippen LogP contribution in [0.2, 0.25) is 0 Å². The average molecular weight is 578 g/mol. The van der Waals surface area contributed by atoms with E-state index in [9.17, 15) is 18.5 Å². The zero-order valence-electron chi connectivity index (χ0n) is 22.8. The Balaban J connectivity index is 3.48. The Kier molecular flexibility index (Phi) is 16.2. The van der Waals surface area contributed by atoms with Gasteiger partial charge in [0.25, 0.3) is 0 Å². The van der Waals surface area contributed by atoms with Gasteiger partial charge in [-0.15, -0.1) is 0 Å². The predicted octanol–water partition coefficient (Wildman–Crippen LogP) is 5.79. The van der Waals surface area contributed by atoms with Gasteiger partial charge in [0, 0.05) is 18.9 Å². The van der Waals surface area contributed by atoms with Crippen LogP contribution >= 0.6 is 16.0 Å². The number of rotatable bonds is 19. The van der Waals surface area contributed by atoms with Gasteiger partial charge in [-0.2, -0.15) is 0 Å². The third kappa shape index (κ3) is 10.6. The second-order valence-corrected chi connectivity index (χ2v) is 11.6. The molecule has 214 valence electrons. The van der Waals surface area contributed by atoms with Crippen LogP contribution in [0.15, 0.2) is 47.9 Å². The van der Waals surface area contributed by atoms with Gasteiger partial charge in [-0.25, -0.2) is 9.18 Å². The highest BCUT2D eigenvalue weighted by Gasteiger charge is 2.44. The van der Waals surface area contributed by atoms with Crippen molar-refractivity contribution in [2.24, 2.45) is 0 Å². The van der Waals surface area contributed by atoms with Crippen molar-refractivity contribution in [3.8, 4) is 0 Å². The summed E-state index contributed by atoms with van der Waals surface area (Å²) in [6.07, 6.45) is 3.24. The van der Waals surface area contributed by atoms with Gasteiger partial charge in [-0.3, -0.25) is 9.36 Å². The number of esters is 1. The molecule has 13 heteroatoms. The minimum atomic E-state index is -3.81. The summed E-state index contributed by atoms with van der Waals surface area (Å²) in [6, 6.07) is 5.72. The molecule has 38 heavy (non-hydrogen) atoms. The van der Waals surface area contributed by atoms with Crippen LogP contribution in [0.25, 0.3) is 0 Å². The molecule has 0 aliphatic heterocycles. The number of halogens is 1. The molecular formula is C25H38FNO9P2. The van der Waals surface area contributed by atoms with Crippen molar-refractivity contribution >= 4 is 33.9 Å². The van der Waals surface area contributed by atoms with Crippen LogP contribution < -0.4 is 4.90 Å². The molecule has 0 bridgehead atoms. The van der Waals surface area contributed by atoms with Crippen molar-refractivity contribution in [3.05, 3.63) is 53.7 Å². The molecule has 0 saturated carbocycles. The van der Waals surface area contributed by atoms with E-state index in [1.807, 2.05) is 0 Å². The van der Waals surface area contributed by atoms with Crippen LogP contribution in [-0.2, 0) is 41.7 Å². The second-order valence-electron chi connectivity index (χ2n) is 7.31. The quantitative estimate of drug-likeness (QED) is 0.0293. The first-order valence-electron chi connectivity index (χ1n) is 12.3. The van der Waals surface area contributed by atoms with Gasteiger partial charge < -0.3 is 32.5 Å². The number of allylic oxidation sites excluding steroid dienone is 1. The monoisotopic (exact) mass is 577 g/mol. The maximum atomic E-state index is 13.8. The first-order valence-corrected chi connectivity index (χ1v) is 15.2. The summed E-state index contributed by atoms with van der Waals surface area (Å²) in [5.74, 6) is -1.42. The minimum Gasteiger partial charge on any atom is -0.491 e. The molecule has 0 spiro atoms. The molecule has 0 heterocycles. The van der Waals surface area contributed by atoms with E-state index in [0.717, 1.165) is 0 Å². The van der Waals surface area contributed by atoms with Crippen molar-refractivity contribution in [1.82, 2.24) is 0 Å². The first kappa shape index (κ1) is 33.9.